The second kappa shape index (κ2) is 4.38. The van der Waals surface area contributed by atoms with Crippen LogP contribution in [-0.4, -0.2) is 23.0 Å². The SMILES string of the molecule is CN(N)C(=O)Nc1ccccc1[N+](=O)[O-]. The molecule has 0 spiro atoms. The Bertz CT molecular complexity index is 391. The van der Waals surface area contributed by atoms with Crippen LogP contribution in [0.4, 0.5) is 16.2 Å². The summed E-state index contributed by atoms with van der Waals surface area (Å²) in [5.41, 5.74) is -0.0579. The lowest BCUT2D eigenvalue weighted by Gasteiger charge is -2.11. The van der Waals surface area contributed by atoms with Gasteiger partial charge in [-0.05, 0) is 6.07 Å². The molecule has 0 saturated carbocycles. The van der Waals surface area contributed by atoms with Gasteiger partial charge in [-0.1, -0.05) is 12.1 Å². The van der Waals surface area contributed by atoms with Crippen LogP contribution in [0.2, 0.25) is 0 Å². The summed E-state index contributed by atoms with van der Waals surface area (Å²) >= 11 is 0. The fourth-order valence-corrected chi connectivity index (χ4v) is 0.942. The van der Waals surface area contributed by atoms with E-state index in [1.807, 2.05) is 0 Å². The number of para-hydroxylation sites is 2. The molecule has 15 heavy (non-hydrogen) atoms. The lowest BCUT2D eigenvalue weighted by molar-refractivity contribution is -0.383. The van der Waals surface area contributed by atoms with Crippen LogP contribution in [0.15, 0.2) is 24.3 Å². The number of carbonyl (C=O) groups is 1. The number of nitro groups is 1. The maximum atomic E-state index is 11.2. The van der Waals surface area contributed by atoms with E-state index in [0.29, 0.717) is 0 Å². The Balaban J connectivity index is 2.94. The Hall–Kier alpha value is -2.15. The normalized spacial score (nSPS) is 9.47. The number of benzene rings is 1. The zero-order valence-electron chi connectivity index (χ0n) is 8.01. The summed E-state index contributed by atoms with van der Waals surface area (Å²) in [5.74, 6) is 5.16. The third-order valence-corrected chi connectivity index (χ3v) is 1.66. The van der Waals surface area contributed by atoms with Crippen molar-refractivity contribution in [3.8, 4) is 0 Å². The highest BCUT2D eigenvalue weighted by atomic mass is 16.6. The van der Waals surface area contributed by atoms with E-state index in [4.69, 9.17) is 5.84 Å². The maximum absolute atomic E-state index is 11.2. The molecule has 0 aliphatic rings. The quantitative estimate of drug-likeness (QED) is 0.328. The number of nitrogens with two attached hydrogens (primary N) is 1. The summed E-state index contributed by atoms with van der Waals surface area (Å²) in [5, 5.41) is 13.7. The van der Waals surface area contributed by atoms with E-state index < -0.39 is 11.0 Å². The number of nitrogens with zero attached hydrogens (tertiary/aromatic N) is 2. The first-order valence-electron chi connectivity index (χ1n) is 4.05. The number of anilines is 1. The first-order chi connectivity index (χ1) is 7.02. The first-order valence-corrected chi connectivity index (χ1v) is 4.05. The molecule has 0 unspecified atom stereocenters. The molecule has 0 heterocycles. The minimum absolute atomic E-state index is 0.116. The van der Waals surface area contributed by atoms with E-state index in [1.54, 1.807) is 6.07 Å². The van der Waals surface area contributed by atoms with Gasteiger partial charge in [-0.2, -0.15) is 0 Å². The van der Waals surface area contributed by atoms with E-state index in [1.165, 1.54) is 25.2 Å². The predicted octanol–water partition coefficient (Wildman–Crippen LogP) is 0.932. The molecule has 0 atom stereocenters. The monoisotopic (exact) mass is 210 g/mol. The third kappa shape index (κ3) is 2.64. The lowest BCUT2D eigenvalue weighted by atomic mass is 10.3. The number of nitrogens with one attached hydrogen (secondary N) is 1. The van der Waals surface area contributed by atoms with Crippen LogP contribution in [0.3, 0.4) is 0 Å². The summed E-state index contributed by atoms with van der Waals surface area (Å²) in [6.07, 6.45) is 0. The Morgan fingerprint density at radius 3 is 2.67 bits per heavy atom. The van der Waals surface area contributed by atoms with Crippen LogP contribution in [-0.2, 0) is 0 Å². The number of hydrogen-bond acceptors (Lipinski definition) is 4. The minimum atomic E-state index is -0.621. The second-order valence-corrected chi connectivity index (χ2v) is 2.82. The summed E-state index contributed by atoms with van der Waals surface area (Å²) in [7, 11) is 1.34. The van der Waals surface area contributed by atoms with Gasteiger partial charge >= 0.3 is 6.03 Å². The van der Waals surface area contributed by atoms with E-state index in [0.717, 1.165) is 5.01 Å². The van der Waals surface area contributed by atoms with Crippen LogP contribution in [0.1, 0.15) is 0 Å². The number of carbonyl (C=O) groups excluding carboxylic acids is 1. The summed E-state index contributed by atoms with van der Waals surface area (Å²) in [6, 6.07) is 5.20. The lowest BCUT2D eigenvalue weighted by Crippen LogP contribution is -2.36. The molecular formula is C8H10N4O3. The third-order valence-electron chi connectivity index (χ3n) is 1.66. The second-order valence-electron chi connectivity index (χ2n) is 2.82. The molecule has 1 rings (SSSR count). The highest BCUT2D eigenvalue weighted by Crippen LogP contribution is 2.22. The Morgan fingerprint density at radius 2 is 2.13 bits per heavy atom. The van der Waals surface area contributed by atoms with Gasteiger partial charge in [-0.25, -0.2) is 10.6 Å². The average Bonchev–Trinajstić information content (AvgIpc) is 2.18. The van der Waals surface area contributed by atoms with Crippen molar-refractivity contribution in [2.45, 2.75) is 0 Å². The van der Waals surface area contributed by atoms with Gasteiger partial charge in [0.05, 0.1) is 4.92 Å². The molecule has 80 valence electrons. The fraction of sp³-hybridized carbons (Fsp3) is 0.125. The van der Waals surface area contributed by atoms with Crippen molar-refractivity contribution in [3.63, 3.8) is 0 Å². The topological polar surface area (TPSA) is 102 Å². The number of nitro benzene ring substituents is 1. The first kappa shape index (κ1) is 10.9. The molecule has 0 aliphatic carbocycles. The summed E-state index contributed by atoms with van der Waals surface area (Å²) < 4.78 is 0. The van der Waals surface area contributed by atoms with E-state index >= 15 is 0 Å². The number of rotatable bonds is 2. The summed E-state index contributed by atoms with van der Waals surface area (Å²) in [4.78, 5) is 21.2. The Labute approximate surface area is 85.6 Å². The Morgan fingerprint density at radius 1 is 1.53 bits per heavy atom. The van der Waals surface area contributed by atoms with E-state index in [-0.39, 0.29) is 11.4 Å². The van der Waals surface area contributed by atoms with Crippen molar-refractivity contribution in [1.82, 2.24) is 5.01 Å². The molecule has 0 fully saturated rings. The average molecular weight is 210 g/mol. The molecule has 7 nitrogen and oxygen atoms in total. The molecule has 0 saturated heterocycles. The van der Waals surface area contributed by atoms with Gasteiger partial charge in [-0.3, -0.25) is 15.1 Å². The molecule has 0 radical (unpaired) electrons. The minimum Gasteiger partial charge on any atom is -0.301 e. The number of hydrazine groups is 1. The highest BCUT2D eigenvalue weighted by Gasteiger charge is 2.15. The fourth-order valence-electron chi connectivity index (χ4n) is 0.942. The molecule has 0 bridgehead atoms. The van der Waals surface area contributed by atoms with Gasteiger partial charge in [0.2, 0.25) is 0 Å². The number of hydrogen-bond donors (Lipinski definition) is 2. The molecular weight excluding hydrogens is 200 g/mol. The predicted molar refractivity (Wildman–Crippen MR) is 54.1 cm³/mol. The van der Waals surface area contributed by atoms with Crippen molar-refractivity contribution >= 4 is 17.4 Å². The molecule has 1 aromatic carbocycles. The van der Waals surface area contributed by atoms with Gasteiger partial charge in [0.15, 0.2) is 0 Å². The van der Waals surface area contributed by atoms with Gasteiger partial charge < -0.3 is 5.32 Å². The highest BCUT2D eigenvalue weighted by molar-refractivity contribution is 5.91. The van der Waals surface area contributed by atoms with Gasteiger partial charge in [0.1, 0.15) is 5.69 Å². The number of amides is 2. The molecule has 0 aliphatic heterocycles. The van der Waals surface area contributed by atoms with Crippen molar-refractivity contribution < 1.29 is 9.72 Å². The van der Waals surface area contributed by atoms with Crippen LogP contribution < -0.4 is 11.2 Å². The summed E-state index contributed by atoms with van der Waals surface area (Å²) in [6.45, 7) is 0. The van der Waals surface area contributed by atoms with Crippen LogP contribution >= 0.6 is 0 Å². The van der Waals surface area contributed by atoms with Crippen LogP contribution in [0.5, 0.6) is 0 Å². The zero-order valence-corrected chi connectivity index (χ0v) is 8.01. The molecule has 3 N–H and O–H groups in total. The largest absolute Gasteiger partial charge is 0.335 e. The van der Waals surface area contributed by atoms with Crippen molar-refractivity contribution in [1.29, 1.82) is 0 Å². The zero-order chi connectivity index (χ0) is 11.4. The van der Waals surface area contributed by atoms with Crippen LogP contribution in [0.25, 0.3) is 0 Å². The standard InChI is InChI=1S/C8H10N4O3/c1-11(9)8(13)10-6-4-2-3-5-7(6)12(14)15/h2-5H,9H2,1H3,(H,10,13). The maximum Gasteiger partial charge on any atom is 0.335 e. The van der Waals surface area contributed by atoms with E-state index in [9.17, 15) is 14.9 Å². The molecule has 7 heteroatoms. The van der Waals surface area contributed by atoms with Crippen LogP contribution in [0, 0.1) is 10.1 Å². The molecule has 1 aromatic rings. The van der Waals surface area contributed by atoms with Gasteiger partial charge in [-0.15, -0.1) is 0 Å². The van der Waals surface area contributed by atoms with E-state index in [2.05, 4.69) is 5.32 Å². The van der Waals surface area contributed by atoms with Crippen molar-refractivity contribution in [2.75, 3.05) is 12.4 Å². The molecule has 2 amide bonds. The van der Waals surface area contributed by atoms with Gasteiger partial charge in [0.25, 0.3) is 5.69 Å². The smallest absolute Gasteiger partial charge is 0.301 e. The van der Waals surface area contributed by atoms with Gasteiger partial charge in [0, 0.05) is 13.1 Å². The molecule has 0 aromatic heterocycles. The number of urea groups is 1. The van der Waals surface area contributed by atoms with Crippen molar-refractivity contribution in [3.05, 3.63) is 34.4 Å². The van der Waals surface area contributed by atoms with Crippen molar-refractivity contribution in [2.24, 2.45) is 5.84 Å². The Kier molecular flexibility index (Phi) is 3.19.